The van der Waals surface area contributed by atoms with E-state index in [2.05, 4.69) is 20.4 Å². The highest BCUT2D eigenvalue weighted by Crippen LogP contribution is 2.36. The van der Waals surface area contributed by atoms with E-state index in [4.69, 9.17) is 42.9 Å². The van der Waals surface area contributed by atoms with Crippen molar-refractivity contribution in [3.05, 3.63) is 50.9 Å². The molecule has 2 aromatic heterocycles. The van der Waals surface area contributed by atoms with Crippen LogP contribution in [-0.2, 0) is 20.8 Å². The molecule has 5 rings (SSSR count). The zero-order valence-electron chi connectivity index (χ0n) is 18.5. The van der Waals surface area contributed by atoms with E-state index >= 15 is 0 Å². The Morgan fingerprint density at radius 2 is 2.17 bits per heavy atom. The number of ether oxygens (including phenoxy) is 2. The van der Waals surface area contributed by atoms with E-state index in [1.807, 2.05) is 23.6 Å². The van der Waals surface area contributed by atoms with Crippen LogP contribution in [0.25, 0.3) is 11.5 Å². The summed E-state index contributed by atoms with van der Waals surface area (Å²) < 4.78 is 17.1. The first-order valence-electron chi connectivity index (χ1n) is 11.0. The monoisotopic (exact) mass is 555 g/mol. The predicted molar refractivity (Wildman–Crippen MR) is 135 cm³/mol. The number of rotatable bonds is 9. The molecular weight excluding hydrogens is 533 g/mol. The van der Waals surface area contributed by atoms with Gasteiger partial charge in [-0.25, -0.2) is 4.98 Å². The smallest absolute Gasteiger partial charge is 0.230 e. The molecule has 1 amide bonds. The molecule has 2 aliphatic rings. The largest absolute Gasteiger partial charge is 0.374 e. The molecule has 2 aliphatic heterocycles. The second-order valence-electron chi connectivity index (χ2n) is 8.21. The highest BCUT2D eigenvalue weighted by molar-refractivity contribution is 8.01. The predicted octanol–water partition coefficient (Wildman–Crippen LogP) is 3.57. The molecule has 1 aromatic carbocycles. The van der Waals surface area contributed by atoms with Gasteiger partial charge in [0.2, 0.25) is 5.91 Å². The summed E-state index contributed by atoms with van der Waals surface area (Å²) in [7, 11) is 0. The number of epoxide rings is 1. The van der Waals surface area contributed by atoms with E-state index in [0.717, 1.165) is 29.5 Å². The number of nitrogens with two attached hydrogens (primary N) is 1. The van der Waals surface area contributed by atoms with E-state index in [0.29, 0.717) is 40.3 Å². The van der Waals surface area contributed by atoms with E-state index in [1.54, 1.807) is 6.07 Å². The van der Waals surface area contributed by atoms with Gasteiger partial charge in [0, 0.05) is 37.6 Å². The molecule has 2 fully saturated rings. The van der Waals surface area contributed by atoms with Gasteiger partial charge < -0.3 is 25.0 Å². The van der Waals surface area contributed by atoms with Gasteiger partial charge in [0.05, 0.1) is 28.5 Å². The van der Waals surface area contributed by atoms with Crippen LogP contribution in [-0.4, -0.2) is 65.3 Å². The number of carbonyl (C=O) groups excluding carboxylic acids is 1. The van der Waals surface area contributed by atoms with E-state index in [-0.39, 0.29) is 30.1 Å². The molecule has 0 aliphatic carbocycles. The molecule has 3 aromatic rings. The van der Waals surface area contributed by atoms with Crippen LogP contribution in [0.3, 0.4) is 0 Å². The first kappa shape index (κ1) is 25.0. The quantitative estimate of drug-likeness (QED) is 0.301. The van der Waals surface area contributed by atoms with Crippen LogP contribution in [0, 0.1) is 0 Å². The van der Waals surface area contributed by atoms with Crippen LogP contribution in [0.2, 0.25) is 10.0 Å². The zero-order chi connectivity index (χ0) is 24.4. The van der Waals surface area contributed by atoms with Crippen molar-refractivity contribution >= 4 is 52.2 Å². The Bertz CT molecular complexity index is 1190. The van der Waals surface area contributed by atoms with Crippen molar-refractivity contribution in [3.8, 4) is 11.5 Å². The maximum absolute atomic E-state index is 12.4. The Labute approximate surface area is 220 Å². The highest BCUT2D eigenvalue weighted by atomic mass is 35.5. The summed E-state index contributed by atoms with van der Waals surface area (Å²) in [5.41, 5.74) is 8.08. The molecule has 0 bridgehead atoms. The number of nitrogens with zero attached hydrogens (tertiary/aromatic N) is 3. The molecule has 1 unspecified atom stereocenters. The van der Waals surface area contributed by atoms with Crippen molar-refractivity contribution in [2.24, 2.45) is 5.73 Å². The van der Waals surface area contributed by atoms with Crippen LogP contribution in [0.15, 0.2) is 38.5 Å². The highest BCUT2D eigenvalue weighted by Gasteiger charge is 2.39. The van der Waals surface area contributed by atoms with Gasteiger partial charge in [-0.1, -0.05) is 46.2 Å². The molecular formula is C22H23Cl2N5O4S2. The Hall–Kier alpha value is -1.70. The first-order valence-corrected chi connectivity index (χ1v) is 13.6. The number of hydrogen-bond acceptors (Lipinski definition) is 10. The zero-order valence-corrected chi connectivity index (χ0v) is 21.6. The van der Waals surface area contributed by atoms with Gasteiger partial charge in [-0.15, -0.1) is 11.3 Å². The van der Waals surface area contributed by atoms with Crippen molar-refractivity contribution in [2.75, 3.05) is 32.0 Å². The number of aromatic nitrogens is 2. The van der Waals surface area contributed by atoms with Gasteiger partial charge in [0.1, 0.15) is 23.7 Å². The third kappa shape index (κ3) is 6.55. The molecule has 9 nitrogen and oxygen atoms in total. The lowest BCUT2D eigenvalue weighted by Crippen LogP contribution is -2.47. The van der Waals surface area contributed by atoms with Crippen molar-refractivity contribution in [1.29, 1.82) is 0 Å². The molecule has 2 saturated heterocycles. The third-order valence-electron chi connectivity index (χ3n) is 5.55. The number of carbonyl (C=O) groups is 1. The lowest BCUT2D eigenvalue weighted by molar-refractivity contribution is -0.119. The molecule has 35 heavy (non-hydrogen) atoms. The minimum absolute atomic E-state index is 0.0706. The van der Waals surface area contributed by atoms with Crippen LogP contribution < -0.4 is 11.1 Å². The fourth-order valence-electron chi connectivity index (χ4n) is 3.69. The third-order valence-corrected chi connectivity index (χ3v) is 8.31. The van der Waals surface area contributed by atoms with Gasteiger partial charge in [-0.2, -0.15) is 0 Å². The lowest BCUT2D eigenvalue weighted by Gasteiger charge is -2.33. The minimum atomic E-state index is -0.322. The molecule has 3 N–H and O–H groups in total. The van der Waals surface area contributed by atoms with E-state index < -0.39 is 0 Å². The number of amides is 1. The molecule has 0 spiro atoms. The topological polar surface area (TPSA) is 119 Å². The van der Waals surface area contributed by atoms with Gasteiger partial charge in [-0.05, 0) is 17.7 Å². The molecule has 0 radical (unpaired) electrons. The van der Waals surface area contributed by atoms with Crippen LogP contribution >= 0.6 is 46.3 Å². The van der Waals surface area contributed by atoms with Gasteiger partial charge in [-0.3, -0.25) is 9.69 Å². The number of thioether (sulfide) groups is 1. The second kappa shape index (κ2) is 11.1. The minimum Gasteiger partial charge on any atom is -0.374 e. The van der Waals surface area contributed by atoms with Crippen molar-refractivity contribution < 1.29 is 18.8 Å². The summed E-state index contributed by atoms with van der Waals surface area (Å²) in [4.78, 5) is 19.2. The molecule has 4 heterocycles. The van der Waals surface area contributed by atoms with E-state index in [1.165, 1.54) is 23.1 Å². The average Bonchev–Trinajstić information content (AvgIpc) is 3.23. The van der Waals surface area contributed by atoms with Crippen LogP contribution in [0.4, 0.5) is 0 Å². The summed E-state index contributed by atoms with van der Waals surface area (Å²) >= 11 is 15.0. The second-order valence-corrected chi connectivity index (χ2v) is 11.1. The Balaban J connectivity index is 1.05. The fraction of sp³-hybridized carbons (Fsp3) is 0.409. The number of hydrogen-bond donors (Lipinski definition) is 2. The normalized spacial score (nSPS) is 22.3. The average molecular weight is 556 g/mol. The lowest BCUT2D eigenvalue weighted by atomic mass is 10.2. The standard InChI is InChI=1S/C22H23Cl2N5O4S2/c23-14-2-1-12(5-15(14)24)8-29-3-4-31-13(9-29)7-26-19(30)11-35-22-27-17(10-34-22)18-6-16(28-33-18)20-21(25)32-20/h1-2,5-6,10,13,20-21H,3-4,7-9,11,25H2,(H,26,30)/t13-,20?,21-/m0/s1. The van der Waals surface area contributed by atoms with Gasteiger partial charge in [0.25, 0.3) is 0 Å². The first-order chi connectivity index (χ1) is 16.9. The van der Waals surface area contributed by atoms with Crippen molar-refractivity contribution in [2.45, 2.75) is 29.3 Å². The fourth-order valence-corrected chi connectivity index (χ4v) is 5.66. The molecule has 186 valence electrons. The number of nitrogens with one attached hydrogen (secondary N) is 1. The summed E-state index contributed by atoms with van der Waals surface area (Å²) in [6, 6.07) is 7.44. The number of halogens is 2. The van der Waals surface area contributed by atoms with E-state index in [9.17, 15) is 4.79 Å². The van der Waals surface area contributed by atoms with Crippen LogP contribution in [0.5, 0.6) is 0 Å². The van der Waals surface area contributed by atoms with Gasteiger partial charge in [0.15, 0.2) is 10.1 Å². The molecule has 13 heteroatoms. The summed E-state index contributed by atoms with van der Waals surface area (Å²) in [6.07, 6.45) is -0.603. The Morgan fingerprint density at radius 3 is 2.97 bits per heavy atom. The van der Waals surface area contributed by atoms with Crippen molar-refractivity contribution in [3.63, 3.8) is 0 Å². The molecule has 0 saturated carbocycles. The van der Waals surface area contributed by atoms with Gasteiger partial charge >= 0.3 is 0 Å². The summed E-state index contributed by atoms with van der Waals surface area (Å²) in [6.45, 7) is 3.35. The number of benzene rings is 1. The number of thiazole rings is 1. The van der Waals surface area contributed by atoms with Crippen molar-refractivity contribution in [1.82, 2.24) is 20.4 Å². The Morgan fingerprint density at radius 1 is 1.31 bits per heavy atom. The maximum Gasteiger partial charge on any atom is 0.230 e. The summed E-state index contributed by atoms with van der Waals surface area (Å²) in [5, 5.41) is 9.91. The number of morpholine rings is 1. The van der Waals surface area contributed by atoms with Crippen LogP contribution in [0.1, 0.15) is 17.4 Å². The maximum atomic E-state index is 12.4. The molecule has 3 atom stereocenters. The Kier molecular flexibility index (Phi) is 7.95. The summed E-state index contributed by atoms with van der Waals surface area (Å²) in [5.74, 6) is 0.743. The SMILES string of the molecule is N[C@H]1OC1c1cc(-c2csc(SCC(=O)NC[C@H]3CN(Cc4ccc(Cl)c(Cl)c4)CCO3)n2)on1.